The van der Waals surface area contributed by atoms with Crippen LogP contribution in [0.1, 0.15) is 5.56 Å². The smallest absolute Gasteiger partial charge is 0.257 e. The molecule has 0 spiro atoms. The van der Waals surface area contributed by atoms with E-state index in [1.54, 1.807) is 0 Å². The molecule has 0 saturated heterocycles. The maximum absolute atomic E-state index is 12.7. The summed E-state index contributed by atoms with van der Waals surface area (Å²) in [4.78, 5) is 13.6. The van der Waals surface area contributed by atoms with E-state index in [9.17, 15) is 17.6 Å². The van der Waals surface area contributed by atoms with Crippen molar-refractivity contribution in [3.8, 4) is 0 Å². The van der Waals surface area contributed by atoms with Gasteiger partial charge in [-0.25, -0.2) is 12.8 Å². The number of carbonyl (C=O) groups excluding carboxylic acids is 1. The predicted octanol–water partition coefficient (Wildman–Crippen LogP) is 2.03. The zero-order chi connectivity index (χ0) is 16.2. The van der Waals surface area contributed by atoms with Crippen molar-refractivity contribution in [2.75, 3.05) is 0 Å². The van der Waals surface area contributed by atoms with Gasteiger partial charge in [0, 0.05) is 5.02 Å². The van der Waals surface area contributed by atoms with Gasteiger partial charge in [-0.05, 0) is 35.9 Å². The van der Waals surface area contributed by atoms with Crippen molar-refractivity contribution >= 4 is 27.5 Å². The zero-order valence-electron chi connectivity index (χ0n) is 11.2. The van der Waals surface area contributed by atoms with E-state index >= 15 is 0 Å². The quantitative estimate of drug-likeness (QED) is 0.816. The lowest BCUT2D eigenvalue weighted by Gasteiger charge is -2.08. The molecule has 0 heterocycles. The topological polar surface area (TPSA) is 75.3 Å². The van der Waals surface area contributed by atoms with Gasteiger partial charge in [0.25, 0.3) is 10.0 Å². The molecule has 2 rings (SSSR count). The number of benzene rings is 2. The molecule has 0 atom stereocenters. The molecule has 2 aromatic rings. The van der Waals surface area contributed by atoms with Gasteiger partial charge in [-0.15, -0.1) is 4.83 Å². The molecule has 0 aliphatic heterocycles. The largest absolute Gasteiger partial charge is 0.277 e. The monoisotopic (exact) mass is 342 g/mol. The van der Waals surface area contributed by atoms with Gasteiger partial charge in [-0.2, -0.15) is 0 Å². The van der Waals surface area contributed by atoms with Crippen molar-refractivity contribution in [2.24, 2.45) is 0 Å². The molecule has 1 amide bonds. The second kappa shape index (κ2) is 6.87. The number of sulfonamides is 1. The highest BCUT2D eigenvalue weighted by Crippen LogP contribution is 2.14. The lowest BCUT2D eigenvalue weighted by molar-refractivity contribution is -0.120. The van der Waals surface area contributed by atoms with E-state index in [1.165, 1.54) is 48.5 Å². The molecule has 0 fully saturated rings. The van der Waals surface area contributed by atoms with Gasteiger partial charge in [0.05, 0.1) is 11.3 Å². The fraction of sp³-hybridized carbons (Fsp3) is 0.0714. The normalized spacial score (nSPS) is 11.2. The summed E-state index contributed by atoms with van der Waals surface area (Å²) in [5, 5.41) is 0.264. The van der Waals surface area contributed by atoms with Crippen LogP contribution in [0.15, 0.2) is 53.4 Å². The summed E-state index contributed by atoms with van der Waals surface area (Å²) in [5.41, 5.74) is 2.65. The molecule has 0 bridgehead atoms. The van der Waals surface area contributed by atoms with Crippen LogP contribution in [0.25, 0.3) is 0 Å². The number of carbonyl (C=O) groups is 1. The molecule has 5 nitrogen and oxygen atoms in total. The summed E-state index contributed by atoms with van der Waals surface area (Å²) in [6.07, 6.45) is -0.0850. The highest BCUT2D eigenvalue weighted by molar-refractivity contribution is 7.89. The third kappa shape index (κ3) is 4.52. The highest BCUT2D eigenvalue weighted by atomic mass is 35.5. The van der Waals surface area contributed by atoms with E-state index in [4.69, 9.17) is 11.6 Å². The Balaban J connectivity index is 1.97. The number of halogens is 2. The Kier molecular flexibility index (Phi) is 5.12. The van der Waals surface area contributed by atoms with E-state index < -0.39 is 21.7 Å². The average Bonchev–Trinajstić information content (AvgIpc) is 2.48. The van der Waals surface area contributed by atoms with E-state index in [2.05, 4.69) is 5.43 Å². The molecule has 0 aromatic heterocycles. The minimum absolute atomic E-state index is 0.0675. The standard InChI is InChI=1S/C14H12ClFN2O3S/c15-11-2-1-3-13(9-11)22(20,21)18-17-14(19)8-10-4-6-12(16)7-5-10/h1-7,9,18H,8H2,(H,17,19). The Labute approximate surface area is 132 Å². The van der Waals surface area contributed by atoms with Crippen molar-refractivity contribution in [1.29, 1.82) is 0 Å². The Morgan fingerprint density at radius 1 is 1.14 bits per heavy atom. The first-order valence-corrected chi connectivity index (χ1v) is 8.03. The van der Waals surface area contributed by atoms with E-state index in [-0.39, 0.29) is 16.3 Å². The first-order valence-electron chi connectivity index (χ1n) is 6.17. The van der Waals surface area contributed by atoms with Gasteiger partial charge >= 0.3 is 0 Å². The number of hydrogen-bond donors (Lipinski definition) is 2. The lowest BCUT2D eigenvalue weighted by Crippen LogP contribution is -2.42. The Morgan fingerprint density at radius 2 is 1.82 bits per heavy atom. The fourth-order valence-corrected chi connectivity index (χ4v) is 2.81. The van der Waals surface area contributed by atoms with Gasteiger partial charge in [0.2, 0.25) is 5.91 Å². The van der Waals surface area contributed by atoms with Crippen LogP contribution < -0.4 is 10.3 Å². The number of rotatable bonds is 5. The van der Waals surface area contributed by atoms with E-state index in [0.717, 1.165) is 0 Å². The summed E-state index contributed by atoms with van der Waals surface area (Å²) in [5.74, 6) is -0.983. The molecule has 0 radical (unpaired) electrons. The van der Waals surface area contributed by atoms with Crippen LogP contribution in [-0.4, -0.2) is 14.3 Å². The molecule has 2 N–H and O–H groups in total. The fourth-order valence-electron chi connectivity index (χ4n) is 1.65. The number of amides is 1. The van der Waals surface area contributed by atoms with Crippen molar-refractivity contribution < 1.29 is 17.6 Å². The van der Waals surface area contributed by atoms with Crippen molar-refractivity contribution in [2.45, 2.75) is 11.3 Å². The molecule has 0 unspecified atom stereocenters. The first kappa shape index (κ1) is 16.4. The van der Waals surface area contributed by atoms with Crippen LogP contribution in [0.3, 0.4) is 0 Å². The van der Waals surface area contributed by atoms with Crippen LogP contribution in [0, 0.1) is 5.82 Å². The molecule has 2 aromatic carbocycles. The average molecular weight is 343 g/mol. The molecule has 22 heavy (non-hydrogen) atoms. The van der Waals surface area contributed by atoms with Gasteiger partial charge in [-0.3, -0.25) is 10.2 Å². The molecular formula is C14H12ClFN2O3S. The Hall–Kier alpha value is -1.96. The molecule has 0 aliphatic carbocycles. The highest BCUT2D eigenvalue weighted by Gasteiger charge is 2.15. The minimum Gasteiger partial charge on any atom is -0.277 e. The summed E-state index contributed by atoms with van der Waals surface area (Å²) >= 11 is 5.72. The lowest BCUT2D eigenvalue weighted by atomic mass is 10.1. The molecule has 116 valence electrons. The third-order valence-corrected chi connectivity index (χ3v) is 4.19. The number of nitrogens with one attached hydrogen (secondary N) is 2. The van der Waals surface area contributed by atoms with Crippen LogP contribution in [0.5, 0.6) is 0 Å². The SMILES string of the molecule is O=C(Cc1ccc(F)cc1)NNS(=O)(=O)c1cccc(Cl)c1. The van der Waals surface area contributed by atoms with Gasteiger partial charge in [0.1, 0.15) is 5.82 Å². The molecule has 0 aliphatic rings. The summed E-state index contributed by atoms with van der Waals surface area (Å²) in [6, 6.07) is 11.0. The van der Waals surface area contributed by atoms with Crippen molar-refractivity contribution in [1.82, 2.24) is 10.3 Å². The van der Waals surface area contributed by atoms with E-state index in [0.29, 0.717) is 5.56 Å². The third-order valence-electron chi connectivity index (χ3n) is 2.71. The summed E-state index contributed by atoms with van der Waals surface area (Å²) in [6.45, 7) is 0. The zero-order valence-corrected chi connectivity index (χ0v) is 12.8. The predicted molar refractivity (Wildman–Crippen MR) is 80.0 cm³/mol. The maximum atomic E-state index is 12.7. The van der Waals surface area contributed by atoms with Crippen LogP contribution in [0.2, 0.25) is 5.02 Å². The van der Waals surface area contributed by atoms with Crippen molar-refractivity contribution in [3.63, 3.8) is 0 Å². The molecule has 0 saturated carbocycles. The van der Waals surface area contributed by atoms with Gasteiger partial charge in [-0.1, -0.05) is 29.8 Å². The molecule has 8 heteroatoms. The summed E-state index contributed by atoms with van der Waals surface area (Å²) in [7, 11) is -3.90. The van der Waals surface area contributed by atoms with Crippen LogP contribution in [0.4, 0.5) is 4.39 Å². The van der Waals surface area contributed by atoms with Crippen LogP contribution >= 0.6 is 11.6 Å². The van der Waals surface area contributed by atoms with Crippen molar-refractivity contribution in [3.05, 3.63) is 64.9 Å². The second-order valence-electron chi connectivity index (χ2n) is 4.41. The minimum atomic E-state index is -3.90. The second-order valence-corrected chi connectivity index (χ2v) is 6.53. The summed E-state index contributed by atoms with van der Waals surface area (Å²) < 4.78 is 36.6. The Morgan fingerprint density at radius 3 is 2.45 bits per heavy atom. The van der Waals surface area contributed by atoms with Gasteiger partial charge in [0.15, 0.2) is 0 Å². The van der Waals surface area contributed by atoms with Crippen LogP contribution in [-0.2, 0) is 21.2 Å². The van der Waals surface area contributed by atoms with E-state index in [1.807, 2.05) is 4.83 Å². The number of hydrogen-bond acceptors (Lipinski definition) is 3. The Bertz CT molecular complexity index is 779. The first-order chi connectivity index (χ1) is 10.4. The maximum Gasteiger partial charge on any atom is 0.257 e. The number of hydrazine groups is 1. The van der Waals surface area contributed by atoms with Gasteiger partial charge < -0.3 is 0 Å². The molecular weight excluding hydrogens is 331 g/mol.